The quantitative estimate of drug-likeness (QED) is 0.498. The highest BCUT2D eigenvalue weighted by molar-refractivity contribution is 5.97. The van der Waals surface area contributed by atoms with E-state index in [2.05, 4.69) is 10.3 Å². The van der Waals surface area contributed by atoms with Crippen LogP contribution in [0, 0.1) is 10.1 Å². The van der Waals surface area contributed by atoms with Crippen LogP contribution in [-0.2, 0) is 4.79 Å². The van der Waals surface area contributed by atoms with Crippen LogP contribution in [0.5, 0.6) is 0 Å². The molecule has 1 saturated heterocycles. The van der Waals surface area contributed by atoms with Gasteiger partial charge in [0.05, 0.1) is 10.8 Å². The number of piperidine rings is 1. The van der Waals surface area contributed by atoms with Crippen molar-refractivity contribution >= 4 is 28.6 Å². The molecular weight excluding hydrogens is 400 g/mol. The van der Waals surface area contributed by atoms with Crippen molar-refractivity contribution in [2.24, 2.45) is 0 Å². The van der Waals surface area contributed by atoms with E-state index in [-0.39, 0.29) is 23.1 Å². The van der Waals surface area contributed by atoms with E-state index in [1.807, 2.05) is 24.3 Å². The number of fused-ring (bicyclic) bond motifs is 1. The normalized spacial score (nSPS) is 17.3. The van der Waals surface area contributed by atoms with Gasteiger partial charge in [0.2, 0.25) is 5.91 Å². The van der Waals surface area contributed by atoms with Crippen LogP contribution in [0.1, 0.15) is 41.9 Å². The first-order valence-electron chi connectivity index (χ1n) is 10.1. The molecule has 0 saturated carbocycles. The third-order valence-corrected chi connectivity index (χ3v) is 5.43. The first kappa shape index (κ1) is 20.5. The zero-order chi connectivity index (χ0) is 22.0. The molecule has 1 aromatic heterocycles. The van der Waals surface area contributed by atoms with Crippen LogP contribution in [0.4, 0.5) is 5.69 Å². The second-order valence-electron chi connectivity index (χ2n) is 7.65. The smallest absolute Gasteiger partial charge is 0.270 e. The van der Waals surface area contributed by atoms with Crippen LogP contribution >= 0.6 is 0 Å². The lowest BCUT2D eigenvalue weighted by molar-refractivity contribution is -0.384. The Bertz CT molecular complexity index is 1110. The van der Waals surface area contributed by atoms with Crippen LogP contribution in [-0.4, -0.2) is 45.8 Å². The number of nitrogens with one attached hydrogen (secondary N) is 1. The Morgan fingerprint density at radius 2 is 2.06 bits per heavy atom. The van der Waals surface area contributed by atoms with E-state index >= 15 is 0 Å². The molecule has 9 nitrogen and oxygen atoms in total. The fraction of sp³-hybridized carbons (Fsp3) is 0.318. The van der Waals surface area contributed by atoms with Gasteiger partial charge in [-0.05, 0) is 38.0 Å². The number of nitro benzene ring substituents is 1. The van der Waals surface area contributed by atoms with Crippen LogP contribution < -0.4 is 5.32 Å². The molecule has 9 heteroatoms. The van der Waals surface area contributed by atoms with Crippen LogP contribution in [0.15, 0.2) is 52.9 Å². The summed E-state index contributed by atoms with van der Waals surface area (Å²) in [7, 11) is 0. The molecule has 31 heavy (non-hydrogen) atoms. The van der Waals surface area contributed by atoms with Crippen LogP contribution in [0.25, 0.3) is 11.1 Å². The monoisotopic (exact) mass is 422 g/mol. The van der Waals surface area contributed by atoms with E-state index in [0.717, 1.165) is 23.9 Å². The van der Waals surface area contributed by atoms with Gasteiger partial charge in [-0.1, -0.05) is 18.2 Å². The first-order chi connectivity index (χ1) is 14.9. The Labute approximate surface area is 178 Å². The lowest BCUT2D eigenvalue weighted by Gasteiger charge is -2.33. The zero-order valence-electron chi connectivity index (χ0n) is 17.0. The number of rotatable bonds is 5. The minimum Gasteiger partial charge on any atom is -0.440 e. The third kappa shape index (κ3) is 4.40. The number of carbonyl (C=O) groups is 2. The molecule has 2 aromatic carbocycles. The van der Waals surface area contributed by atoms with Crippen molar-refractivity contribution in [3.63, 3.8) is 0 Å². The average molecular weight is 422 g/mol. The summed E-state index contributed by atoms with van der Waals surface area (Å²) in [6.45, 7) is 2.66. The van der Waals surface area contributed by atoms with Gasteiger partial charge in [-0.25, -0.2) is 4.98 Å². The van der Waals surface area contributed by atoms with E-state index in [1.54, 1.807) is 11.8 Å². The van der Waals surface area contributed by atoms with Crippen molar-refractivity contribution in [2.75, 3.05) is 13.1 Å². The minimum absolute atomic E-state index is 0.00947. The highest BCUT2D eigenvalue weighted by Crippen LogP contribution is 2.29. The van der Waals surface area contributed by atoms with E-state index < -0.39 is 16.9 Å². The molecule has 1 fully saturated rings. The molecule has 0 unspecified atom stereocenters. The standard InChI is InChI=1S/C22H22N4O5/c1-14(23-20(27)15-6-4-8-17(12-15)26(29)30)22(28)25-11-5-7-16(13-25)21-24-18-9-2-3-10-19(18)31-21/h2-4,6,8-10,12,14,16H,5,7,11,13H2,1H3,(H,23,27)/t14-,16+/m1/s1. The van der Waals surface area contributed by atoms with Crippen molar-refractivity contribution < 1.29 is 18.9 Å². The average Bonchev–Trinajstić information content (AvgIpc) is 3.23. The van der Waals surface area contributed by atoms with Crippen molar-refractivity contribution in [1.29, 1.82) is 0 Å². The van der Waals surface area contributed by atoms with Crippen molar-refractivity contribution in [3.8, 4) is 0 Å². The number of benzene rings is 2. The maximum absolute atomic E-state index is 12.9. The topological polar surface area (TPSA) is 119 Å². The van der Waals surface area contributed by atoms with Crippen molar-refractivity contribution in [3.05, 3.63) is 70.1 Å². The molecule has 1 aliphatic rings. The molecule has 0 spiro atoms. The van der Waals surface area contributed by atoms with Gasteiger partial charge in [0.25, 0.3) is 11.6 Å². The predicted octanol–water partition coefficient (Wildman–Crippen LogP) is 3.26. The summed E-state index contributed by atoms with van der Waals surface area (Å²) in [5.41, 5.74) is 1.47. The lowest BCUT2D eigenvalue weighted by atomic mass is 9.97. The highest BCUT2D eigenvalue weighted by Gasteiger charge is 2.31. The number of nitrogens with zero attached hydrogens (tertiary/aromatic N) is 3. The van der Waals surface area contributed by atoms with Gasteiger partial charge in [0.1, 0.15) is 11.6 Å². The summed E-state index contributed by atoms with van der Waals surface area (Å²) in [6.07, 6.45) is 1.67. The minimum atomic E-state index is -0.769. The fourth-order valence-electron chi connectivity index (χ4n) is 3.82. The van der Waals surface area contributed by atoms with Gasteiger partial charge < -0.3 is 14.6 Å². The summed E-state index contributed by atoms with van der Waals surface area (Å²) in [5.74, 6) is -0.131. The van der Waals surface area contributed by atoms with E-state index in [4.69, 9.17) is 4.42 Å². The SMILES string of the molecule is C[C@@H](NC(=O)c1cccc([N+](=O)[O-])c1)C(=O)N1CCC[C@H](c2nc3ccccc3o2)C1. The van der Waals surface area contributed by atoms with Crippen LogP contribution in [0.2, 0.25) is 0 Å². The van der Waals surface area contributed by atoms with Gasteiger partial charge in [0.15, 0.2) is 11.5 Å². The number of carbonyl (C=O) groups excluding carboxylic acids is 2. The Balaban J connectivity index is 1.41. The van der Waals surface area contributed by atoms with Gasteiger partial charge in [0, 0.05) is 30.8 Å². The van der Waals surface area contributed by atoms with Gasteiger partial charge in [-0.15, -0.1) is 0 Å². The summed E-state index contributed by atoms with van der Waals surface area (Å²) in [4.78, 5) is 42.0. The summed E-state index contributed by atoms with van der Waals surface area (Å²) >= 11 is 0. The molecule has 2 atom stereocenters. The van der Waals surface area contributed by atoms with Gasteiger partial charge in [-0.2, -0.15) is 0 Å². The highest BCUT2D eigenvalue weighted by atomic mass is 16.6. The molecule has 1 aliphatic heterocycles. The number of nitro groups is 1. The number of oxazole rings is 1. The second-order valence-corrected chi connectivity index (χ2v) is 7.65. The second kappa shape index (κ2) is 8.55. The summed E-state index contributed by atoms with van der Waals surface area (Å²) in [6, 6.07) is 12.2. The first-order valence-corrected chi connectivity index (χ1v) is 10.1. The largest absolute Gasteiger partial charge is 0.440 e. The molecular formula is C22H22N4O5. The summed E-state index contributed by atoms with van der Waals surface area (Å²) in [5, 5.41) is 13.6. The molecule has 2 heterocycles. The lowest BCUT2D eigenvalue weighted by Crippen LogP contribution is -2.49. The maximum atomic E-state index is 12.9. The Morgan fingerprint density at radius 1 is 1.26 bits per heavy atom. The number of aromatic nitrogens is 1. The number of hydrogen-bond donors (Lipinski definition) is 1. The number of hydrogen-bond acceptors (Lipinski definition) is 6. The van der Waals surface area contributed by atoms with Crippen molar-refractivity contribution in [2.45, 2.75) is 31.7 Å². The fourth-order valence-corrected chi connectivity index (χ4v) is 3.82. The number of amides is 2. The number of non-ortho nitro benzene ring substituents is 1. The third-order valence-electron chi connectivity index (χ3n) is 5.43. The molecule has 3 aromatic rings. The van der Waals surface area contributed by atoms with Gasteiger partial charge >= 0.3 is 0 Å². The Morgan fingerprint density at radius 3 is 2.84 bits per heavy atom. The molecule has 160 valence electrons. The maximum Gasteiger partial charge on any atom is 0.270 e. The molecule has 0 bridgehead atoms. The molecule has 0 aliphatic carbocycles. The zero-order valence-corrected chi connectivity index (χ0v) is 17.0. The Kier molecular flexibility index (Phi) is 5.66. The van der Waals surface area contributed by atoms with E-state index in [0.29, 0.717) is 19.0 Å². The number of likely N-dealkylation sites (tertiary alicyclic amines) is 1. The predicted molar refractivity (Wildman–Crippen MR) is 113 cm³/mol. The molecule has 2 amide bonds. The van der Waals surface area contributed by atoms with Crippen molar-refractivity contribution in [1.82, 2.24) is 15.2 Å². The van der Waals surface area contributed by atoms with Gasteiger partial charge in [-0.3, -0.25) is 19.7 Å². The summed E-state index contributed by atoms with van der Waals surface area (Å²) < 4.78 is 5.88. The van der Waals surface area contributed by atoms with Crippen LogP contribution in [0.3, 0.4) is 0 Å². The van der Waals surface area contributed by atoms with E-state index in [1.165, 1.54) is 24.3 Å². The number of para-hydroxylation sites is 2. The Hall–Kier alpha value is -3.75. The molecule has 1 N–H and O–H groups in total. The van der Waals surface area contributed by atoms with E-state index in [9.17, 15) is 19.7 Å². The molecule has 4 rings (SSSR count). The molecule has 0 radical (unpaired) electrons.